The number of carbonyl (C=O) groups excluding carboxylic acids is 2. The van der Waals surface area contributed by atoms with Gasteiger partial charge in [0.1, 0.15) is 11.9 Å². The Hall–Kier alpha value is -3.47. The van der Waals surface area contributed by atoms with Gasteiger partial charge in [-0.2, -0.15) is 0 Å². The van der Waals surface area contributed by atoms with Crippen LogP contribution in [-0.2, 0) is 32.1 Å². The van der Waals surface area contributed by atoms with Gasteiger partial charge in [-0.15, -0.1) is 0 Å². The summed E-state index contributed by atoms with van der Waals surface area (Å²) >= 11 is 0. The van der Waals surface area contributed by atoms with Crippen molar-refractivity contribution >= 4 is 34.8 Å². The first-order chi connectivity index (χ1) is 14.7. The molecule has 4 N–H and O–H groups in total. The van der Waals surface area contributed by atoms with E-state index in [1.165, 1.54) is 6.92 Å². The zero-order valence-corrected chi connectivity index (χ0v) is 17.4. The van der Waals surface area contributed by atoms with Gasteiger partial charge in [-0.3, -0.25) is 19.2 Å². The average molecular weight is 434 g/mol. The third kappa shape index (κ3) is 6.78. The van der Waals surface area contributed by atoms with E-state index in [1.54, 1.807) is 25.3 Å². The summed E-state index contributed by atoms with van der Waals surface area (Å²) < 4.78 is 7.07. The predicted molar refractivity (Wildman–Crippen MR) is 110 cm³/mol. The quantitative estimate of drug-likeness (QED) is 0.374. The van der Waals surface area contributed by atoms with E-state index in [4.69, 9.17) is 14.9 Å². The number of amides is 2. The lowest BCUT2D eigenvalue weighted by molar-refractivity contribution is -0.139. The van der Waals surface area contributed by atoms with Crippen LogP contribution in [0.5, 0.6) is 0 Å². The number of nitrogens with zero attached hydrogens (tertiary/aromatic N) is 2. The molecular formula is C20H26N4O7. The standard InChI is InChI=1S/C20H26N4O7/c1-12(20(29)30)22-19(28)13-3-4-15-14(11-13)23-16(24(15)9-10-31-2)7-8-21-17(25)5-6-18(26)27/h3-4,11-12H,5-10H2,1-2H3,(H,21,25)(H,22,28)(H,26,27)(H,29,30). The van der Waals surface area contributed by atoms with E-state index in [0.717, 1.165) is 5.52 Å². The molecule has 11 nitrogen and oxygen atoms in total. The molecule has 2 aromatic rings. The number of fused-ring (bicyclic) bond motifs is 1. The highest BCUT2D eigenvalue weighted by atomic mass is 16.5. The predicted octanol–water partition coefficient (Wildman–Crippen LogP) is 0.409. The summed E-state index contributed by atoms with van der Waals surface area (Å²) in [5.74, 6) is -2.37. The number of carboxylic acids is 2. The van der Waals surface area contributed by atoms with Gasteiger partial charge in [0.2, 0.25) is 5.91 Å². The van der Waals surface area contributed by atoms with Gasteiger partial charge >= 0.3 is 11.9 Å². The lowest BCUT2D eigenvalue weighted by Crippen LogP contribution is -2.38. The van der Waals surface area contributed by atoms with Gasteiger partial charge in [-0.25, -0.2) is 4.98 Å². The molecule has 0 aliphatic rings. The van der Waals surface area contributed by atoms with Crippen molar-refractivity contribution in [1.29, 1.82) is 0 Å². The fourth-order valence-electron chi connectivity index (χ4n) is 2.91. The number of rotatable bonds is 12. The lowest BCUT2D eigenvalue weighted by atomic mass is 10.1. The Bertz CT molecular complexity index is 970. The van der Waals surface area contributed by atoms with Gasteiger partial charge < -0.3 is 30.2 Å². The van der Waals surface area contributed by atoms with Crippen molar-refractivity contribution < 1.29 is 34.1 Å². The molecule has 1 aromatic heterocycles. The summed E-state index contributed by atoms with van der Waals surface area (Å²) in [7, 11) is 1.58. The Morgan fingerprint density at radius 1 is 1.19 bits per heavy atom. The number of methoxy groups -OCH3 is 1. The molecule has 0 bridgehead atoms. The average Bonchev–Trinajstić information content (AvgIpc) is 3.06. The molecule has 0 saturated carbocycles. The van der Waals surface area contributed by atoms with Gasteiger partial charge in [-0.05, 0) is 25.1 Å². The minimum absolute atomic E-state index is 0.0946. The normalized spacial score (nSPS) is 11.8. The van der Waals surface area contributed by atoms with Crippen molar-refractivity contribution in [3.05, 3.63) is 29.6 Å². The van der Waals surface area contributed by atoms with Crippen LogP contribution in [0.2, 0.25) is 0 Å². The third-order valence-electron chi connectivity index (χ3n) is 4.56. The number of hydrogen-bond acceptors (Lipinski definition) is 6. The molecule has 1 unspecified atom stereocenters. The fraction of sp³-hybridized carbons (Fsp3) is 0.450. The maximum absolute atomic E-state index is 12.3. The van der Waals surface area contributed by atoms with E-state index in [-0.39, 0.29) is 30.9 Å². The van der Waals surface area contributed by atoms with Crippen LogP contribution in [0.3, 0.4) is 0 Å². The third-order valence-corrected chi connectivity index (χ3v) is 4.56. The molecule has 0 fully saturated rings. The summed E-state index contributed by atoms with van der Waals surface area (Å²) in [6, 6.07) is 3.88. The molecule has 2 rings (SSSR count). The molecule has 31 heavy (non-hydrogen) atoms. The topological polar surface area (TPSA) is 160 Å². The Kier molecular flexibility index (Phi) is 8.50. The molecule has 11 heteroatoms. The Labute approximate surface area is 178 Å². The number of benzene rings is 1. The van der Waals surface area contributed by atoms with Crippen LogP contribution in [0.25, 0.3) is 11.0 Å². The minimum atomic E-state index is -1.13. The number of imidazole rings is 1. The van der Waals surface area contributed by atoms with Crippen molar-refractivity contribution in [2.45, 2.75) is 38.8 Å². The van der Waals surface area contributed by atoms with Gasteiger partial charge in [0.05, 0.1) is 24.1 Å². The molecule has 0 aliphatic heterocycles. The smallest absolute Gasteiger partial charge is 0.325 e. The van der Waals surface area contributed by atoms with E-state index < -0.39 is 23.9 Å². The summed E-state index contributed by atoms with van der Waals surface area (Å²) in [6.07, 6.45) is 0.0704. The van der Waals surface area contributed by atoms with Crippen LogP contribution in [0.1, 0.15) is 35.9 Å². The molecule has 1 aromatic carbocycles. The summed E-state index contributed by atoms with van der Waals surface area (Å²) in [6.45, 7) is 2.60. The summed E-state index contributed by atoms with van der Waals surface area (Å²) in [5, 5.41) is 22.7. The molecule has 0 radical (unpaired) electrons. The SMILES string of the molecule is COCCn1c(CCNC(=O)CCC(=O)O)nc2cc(C(=O)NC(C)C(=O)O)ccc21. The van der Waals surface area contributed by atoms with Crippen molar-refractivity contribution in [2.75, 3.05) is 20.3 Å². The van der Waals surface area contributed by atoms with Crippen molar-refractivity contribution in [3.8, 4) is 0 Å². The second-order valence-corrected chi connectivity index (χ2v) is 6.90. The van der Waals surface area contributed by atoms with Gasteiger partial charge in [-0.1, -0.05) is 0 Å². The summed E-state index contributed by atoms with van der Waals surface area (Å²) in [5.41, 5.74) is 1.61. The van der Waals surface area contributed by atoms with Crippen LogP contribution < -0.4 is 10.6 Å². The zero-order chi connectivity index (χ0) is 23.0. The van der Waals surface area contributed by atoms with E-state index in [1.807, 2.05) is 4.57 Å². The molecule has 0 aliphatic carbocycles. The lowest BCUT2D eigenvalue weighted by Gasteiger charge is -2.10. The highest BCUT2D eigenvalue weighted by Crippen LogP contribution is 2.19. The maximum Gasteiger partial charge on any atom is 0.325 e. The molecule has 0 saturated heterocycles. The second-order valence-electron chi connectivity index (χ2n) is 6.90. The first-order valence-corrected chi connectivity index (χ1v) is 9.73. The van der Waals surface area contributed by atoms with Crippen LogP contribution in [0.4, 0.5) is 0 Å². The van der Waals surface area contributed by atoms with E-state index in [9.17, 15) is 19.2 Å². The number of aromatic nitrogens is 2. The molecular weight excluding hydrogens is 408 g/mol. The van der Waals surface area contributed by atoms with Gasteiger partial charge in [0.25, 0.3) is 5.91 Å². The first-order valence-electron chi connectivity index (χ1n) is 9.73. The highest BCUT2D eigenvalue weighted by Gasteiger charge is 2.17. The van der Waals surface area contributed by atoms with Gasteiger partial charge in [0.15, 0.2) is 0 Å². The van der Waals surface area contributed by atoms with E-state index in [0.29, 0.717) is 30.9 Å². The van der Waals surface area contributed by atoms with Crippen molar-refractivity contribution in [3.63, 3.8) is 0 Å². The number of ether oxygens (including phenoxy) is 1. The Balaban J connectivity index is 2.17. The highest BCUT2D eigenvalue weighted by molar-refractivity contribution is 5.99. The second kappa shape index (κ2) is 11.1. The Morgan fingerprint density at radius 2 is 1.94 bits per heavy atom. The number of carbonyl (C=O) groups is 4. The minimum Gasteiger partial charge on any atom is -0.481 e. The molecule has 168 valence electrons. The number of aliphatic carboxylic acids is 2. The van der Waals surface area contributed by atoms with E-state index >= 15 is 0 Å². The first kappa shape index (κ1) is 23.8. The van der Waals surface area contributed by atoms with Crippen LogP contribution >= 0.6 is 0 Å². The molecule has 1 heterocycles. The van der Waals surface area contributed by atoms with Crippen LogP contribution in [0.15, 0.2) is 18.2 Å². The van der Waals surface area contributed by atoms with Crippen molar-refractivity contribution in [2.24, 2.45) is 0 Å². The van der Waals surface area contributed by atoms with Crippen molar-refractivity contribution in [1.82, 2.24) is 20.2 Å². The number of nitrogens with one attached hydrogen (secondary N) is 2. The largest absolute Gasteiger partial charge is 0.481 e. The maximum atomic E-state index is 12.3. The molecule has 0 spiro atoms. The van der Waals surface area contributed by atoms with Crippen LogP contribution in [-0.4, -0.2) is 69.8 Å². The zero-order valence-electron chi connectivity index (χ0n) is 17.4. The Morgan fingerprint density at radius 3 is 2.58 bits per heavy atom. The monoisotopic (exact) mass is 434 g/mol. The molecule has 2 amide bonds. The fourth-order valence-corrected chi connectivity index (χ4v) is 2.91. The number of carboxylic acid groups (broad SMARTS) is 2. The van der Waals surface area contributed by atoms with Gasteiger partial charge in [0, 0.05) is 38.6 Å². The van der Waals surface area contributed by atoms with Crippen LogP contribution in [0, 0.1) is 0 Å². The van der Waals surface area contributed by atoms with E-state index in [2.05, 4.69) is 15.6 Å². The number of hydrogen-bond donors (Lipinski definition) is 4. The molecule has 1 atom stereocenters. The summed E-state index contributed by atoms with van der Waals surface area (Å²) in [4.78, 5) is 50.1.